The van der Waals surface area contributed by atoms with Crippen LogP contribution in [0.5, 0.6) is 0 Å². The maximum Gasteiger partial charge on any atom is 0.314 e. The topological polar surface area (TPSA) is 38.9 Å². The van der Waals surface area contributed by atoms with E-state index in [4.69, 9.17) is 6.42 Å². The average molecular weight is 144 g/mol. The third-order valence-electron chi connectivity index (χ3n) is 0.751. The van der Waals surface area contributed by atoms with E-state index in [9.17, 15) is 8.78 Å². The van der Waals surface area contributed by atoms with E-state index in [2.05, 4.69) is 14.6 Å². The van der Waals surface area contributed by atoms with Gasteiger partial charge >= 0.3 is 6.43 Å². The normalized spacial score (nSPS) is 9.80. The minimum atomic E-state index is -2.76. The first kappa shape index (κ1) is 6.68. The molecule has 0 atom stereocenters. The van der Waals surface area contributed by atoms with Crippen molar-refractivity contribution in [2.45, 2.75) is 6.43 Å². The first-order valence-electron chi connectivity index (χ1n) is 2.32. The van der Waals surface area contributed by atoms with Gasteiger partial charge in [0.25, 0.3) is 11.8 Å². The van der Waals surface area contributed by atoms with E-state index in [0.717, 1.165) is 0 Å². The zero-order valence-electron chi connectivity index (χ0n) is 4.71. The van der Waals surface area contributed by atoms with Crippen LogP contribution in [0.15, 0.2) is 4.42 Å². The zero-order chi connectivity index (χ0) is 7.56. The molecule has 5 heteroatoms. The fourth-order valence-electron chi connectivity index (χ4n) is 0.381. The van der Waals surface area contributed by atoms with Crippen LogP contribution in [0, 0.1) is 12.3 Å². The van der Waals surface area contributed by atoms with Crippen molar-refractivity contribution in [2.75, 3.05) is 0 Å². The number of halogens is 2. The maximum absolute atomic E-state index is 11.7. The van der Waals surface area contributed by atoms with Gasteiger partial charge in [-0.3, -0.25) is 0 Å². The Balaban J connectivity index is 2.91. The summed E-state index contributed by atoms with van der Waals surface area (Å²) in [5, 5.41) is 6.10. The van der Waals surface area contributed by atoms with Gasteiger partial charge < -0.3 is 4.42 Å². The molecule has 10 heavy (non-hydrogen) atoms. The molecule has 1 aromatic rings. The van der Waals surface area contributed by atoms with Gasteiger partial charge in [-0.15, -0.1) is 11.5 Å². The summed E-state index contributed by atoms with van der Waals surface area (Å²) in [6.45, 7) is 0. The van der Waals surface area contributed by atoms with E-state index >= 15 is 0 Å². The van der Waals surface area contributed by atoms with Crippen LogP contribution in [-0.4, -0.2) is 10.2 Å². The summed E-state index contributed by atoms with van der Waals surface area (Å²) in [6, 6.07) is 0. The minimum Gasteiger partial charge on any atom is -0.409 e. The molecular weight excluding hydrogens is 142 g/mol. The van der Waals surface area contributed by atoms with E-state index in [-0.39, 0.29) is 5.89 Å². The Morgan fingerprint density at radius 1 is 1.50 bits per heavy atom. The van der Waals surface area contributed by atoms with E-state index in [1.165, 1.54) is 0 Å². The molecule has 0 bridgehead atoms. The Labute approximate surface area is 55.1 Å². The van der Waals surface area contributed by atoms with Crippen LogP contribution >= 0.6 is 0 Å². The average Bonchev–Trinajstić information content (AvgIpc) is 2.34. The number of rotatable bonds is 1. The van der Waals surface area contributed by atoms with Gasteiger partial charge in [0.1, 0.15) is 0 Å². The van der Waals surface area contributed by atoms with Gasteiger partial charge in [-0.2, -0.15) is 8.78 Å². The minimum absolute atomic E-state index is 0.227. The molecule has 0 unspecified atom stereocenters. The molecule has 0 saturated heterocycles. The van der Waals surface area contributed by atoms with Crippen molar-refractivity contribution in [3.63, 3.8) is 0 Å². The molecule has 0 fully saturated rings. The van der Waals surface area contributed by atoms with Crippen LogP contribution in [0.25, 0.3) is 0 Å². The van der Waals surface area contributed by atoms with Gasteiger partial charge in [0.2, 0.25) is 0 Å². The molecule has 0 aliphatic carbocycles. The second-order valence-corrected chi connectivity index (χ2v) is 1.39. The highest BCUT2D eigenvalue weighted by molar-refractivity contribution is 5.09. The molecule has 0 spiro atoms. The van der Waals surface area contributed by atoms with Gasteiger partial charge in [-0.25, -0.2) is 0 Å². The molecule has 0 saturated carbocycles. The Morgan fingerprint density at radius 2 is 2.20 bits per heavy atom. The molecule has 0 aromatic carbocycles. The Morgan fingerprint density at radius 3 is 2.50 bits per heavy atom. The largest absolute Gasteiger partial charge is 0.409 e. The molecule has 1 rings (SSSR count). The highest BCUT2D eigenvalue weighted by atomic mass is 19.3. The van der Waals surface area contributed by atoms with Crippen LogP contribution in [-0.2, 0) is 0 Å². The highest BCUT2D eigenvalue weighted by Crippen LogP contribution is 2.15. The highest BCUT2D eigenvalue weighted by Gasteiger charge is 2.14. The third kappa shape index (κ3) is 1.10. The zero-order valence-corrected chi connectivity index (χ0v) is 4.71. The SMILES string of the molecule is C#Cc1nnc(C(F)F)o1. The Hall–Kier alpha value is -1.44. The first-order chi connectivity index (χ1) is 4.74. The van der Waals surface area contributed by atoms with Gasteiger partial charge in [-0.1, -0.05) is 5.10 Å². The lowest BCUT2D eigenvalue weighted by Crippen LogP contribution is -1.81. The van der Waals surface area contributed by atoms with Crippen molar-refractivity contribution < 1.29 is 13.2 Å². The van der Waals surface area contributed by atoms with Gasteiger partial charge in [0.05, 0.1) is 0 Å². The molecule has 1 heterocycles. The fourth-order valence-corrected chi connectivity index (χ4v) is 0.381. The summed E-state index contributed by atoms with van der Waals surface area (Å²) in [5.41, 5.74) is 0. The molecular formula is C5H2F2N2O. The summed E-state index contributed by atoms with van der Waals surface area (Å²) in [7, 11) is 0. The smallest absolute Gasteiger partial charge is 0.314 e. The number of hydrogen-bond donors (Lipinski definition) is 0. The van der Waals surface area contributed by atoms with Crippen LogP contribution < -0.4 is 0 Å². The monoisotopic (exact) mass is 144 g/mol. The van der Waals surface area contributed by atoms with Crippen molar-refractivity contribution in [1.29, 1.82) is 0 Å². The van der Waals surface area contributed by atoms with Crippen molar-refractivity contribution >= 4 is 0 Å². The predicted octanol–water partition coefficient (Wildman–Crippen LogP) is 0.988. The molecule has 3 nitrogen and oxygen atoms in total. The molecule has 0 aliphatic rings. The Bertz CT molecular complexity index is 263. The summed E-state index contributed by atoms with van der Waals surface area (Å²) >= 11 is 0. The lowest BCUT2D eigenvalue weighted by molar-refractivity contribution is 0.114. The molecule has 0 amide bonds. The van der Waals surface area contributed by atoms with E-state index in [1.807, 2.05) is 5.92 Å². The summed E-state index contributed by atoms with van der Waals surface area (Å²) in [5.74, 6) is 0.959. The quantitative estimate of drug-likeness (QED) is 0.551. The number of alkyl halides is 2. The van der Waals surface area contributed by atoms with Crippen LogP contribution in [0.2, 0.25) is 0 Å². The fraction of sp³-hybridized carbons (Fsp3) is 0.200. The lowest BCUT2D eigenvalue weighted by atomic mass is 10.7. The van der Waals surface area contributed by atoms with E-state index in [0.29, 0.717) is 0 Å². The van der Waals surface area contributed by atoms with Gasteiger partial charge in [-0.05, 0) is 5.92 Å². The second kappa shape index (κ2) is 2.43. The second-order valence-electron chi connectivity index (χ2n) is 1.39. The van der Waals surface area contributed by atoms with Crippen molar-refractivity contribution in [2.24, 2.45) is 0 Å². The van der Waals surface area contributed by atoms with E-state index < -0.39 is 12.3 Å². The van der Waals surface area contributed by atoms with Crippen molar-refractivity contribution in [1.82, 2.24) is 10.2 Å². The predicted molar refractivity (Wildman–Crippen MR) is 27.2 cm³/mol. The van der Waals surface area contributed by atoms with Crippen LogP contribution in [0.1, 0.15) is 18.2 Å². The molecule has 52 valence electrons. The number of nitrogens with zero attached hydrogens (tertiary/aromatic N) is 2. The Kier molecular flexibility index (Phi) is 1.63. The lowest BCUT2D eigenvalue weighted by Gasteiger charge is -1.84. The van der Waals surface area contributed by atoms with E-state index in [1.54, 1.807) is 0 Å². The third-order valence-corrected chi connectivity index (χ3v) is 0.751. The summed E-state index contributed by atoms with van der Waals surface area (Å²) in [4.78, 5) is 0. The number of hydrogen-bond acceptors (Lipinski definition) is 3. The molecule has 0 radical (unpaired) electrons. The number of terminal acetylenes is 1. The summed E-state index contributed by atoms with van der Waals surface area (Å²) in [6.07, 6.45) is 2.02. The molecule has 0 N–H and O–H groups in total. The van der Waals surface area contributed by atoms with Crippen LogP contribution in [0.3, 0.4) is 0 Å². The van der Waals surface area contributed by atoms with Crippen molar-refractivity contribution in [3.05, 3.63) is 11.8 Å². The molecule has 1 aromatic heterocycles. The van der Waals surface area contributed by atoms with Gasteiger partial charge in [0.15, 0.2) is 0 Å². The summed E-state index contributed by atoms with van der Waals surface area (Å²) < 4.78 is 27.6. The standard InChI is InChI=1S/C5H2F2N2O/c1-2-3-8-9-5(10-3)4(6)7/h1,4H. The van der Waals surface area contributed by atoms with Gasteiger partial charge in [0, 0.05) is 0 Å². The van der Waals surface area contributed by atoms with Crippen LogP contribution in [0.4, 0.5) is 8.78 Å². The molecule has 0 aliphatic heterocycles. The first-order valence-corrected chi connectivity index (χ1v) is 2.32. The number of aromatic nitrogens is 2. The van der Waals surface area contributed by atoms with Crippen molar-refractivity contribution in [3.8, 4) is 12.3 Å². The maximum atomic E-state index is 11.7.